The average molecular weight is 278 g/mol. The van der Waals surface area contributed by atoms with E-state index in [1.807, 2.05) is 0 Å². The Labute approximate surface area is 119 Å². The van der Waals surface area contributed by atoms with Gasteiger partial charge in [0, 0.05) is 37.9 Å². The second kappa shape index (κ2) is 6.00. The number of rotatable bonds is 4. The van der Waals surface area contributed by atoms with E-state index in [-0.39, 0.29) is 0 Å². The number of ether oxygens (including phenoxy) is 1. The molecule has 4 N–H and O–H groups in total. The molecular formula is C14H22N4O2. The number of piperazine rings is 1. The molecule has 0 aromatic heterocycles. The lowest BCUT2D eigenvalue weighted by molar-refractivity contribution is 0.100. The van der Waals surface area contributed by atoms with E-state index in [9.17, 15) is 4.79 Å². The van der Waals surface area contributed by atoms with Gasteiger partial charge in [-0.05, 0) is 12.6 Å². The molecule has 1 aromatic carbocycles. The SMILES string of the molecule is CCN1CCN(c2cc(C(N)=O)c(N)cc2OC)CC1. The highest BCUT2D eigenvalue weighted by Gasteiger charge is 2.21. The highest BCUT2D eigenvalue weighted by atomic mass is 16.5. The van der Waals surface area contributed by atoms with Gasteiger partial charge < -0.3 is 26.0 Å². The Kier molecular flexibility index (Phi) is 4.34. The molecule has 0 radical (unpaired) electrons. The lowest BCUT2D eigenvalue weighted by Crippen LogP contribution is -2.46. The molecule has 1 heterocycles. The van der Waals surface area contributed by atoms with Crippen LogP contribution < -0.4 is 21.1 Å². The van der Waals surface area contributed by atoms with Crippen LogP contribution in [-0.4, -0.2) is 50.6 Å². The zero-order chi connectivity index (χ0) is 14.7. The first-order chi connectivity index (χ1) is 9.56. The van der Waals surface area contributed by atoms with Gasteiger partial charge in [0.25, 0.3) is 5.91 Å². The summed E-state index contributed by atoms with van der Waals surface area (Å²) in [4.78, 5) is 16.0. The molecule has 6 nitrogen and oxygen atoms in total. The van der Waals surface area contributed by atoms with Crippen molar-refractivity contribution in [3.05, 3.63) is 17.7 Å². The van der Waals surface area contributed by atoms with E-state index >= 15 is 0 Å². The van der Waals surface area contributed by atoms with E-state index in [1.165, 1.54) is 0 Å². The molecule has 6 heteroatoms. The van der Waals surface area contributed by atoms with Crippen LogP contribution in [0.1, 0.15) is 17.3 Å². The Morgan fingerprint density at radius 3 is 2.45 bits per heavy atom. The number of nitrogen functional groups attached to an aromatic ring is 1. The van der Waals surface area contributed by atoms with Crippen molar-refractivity contribution >= 4 is 17.3 Å². The zero-order valence-corrected chi connectivity index (χ0v) is 12.1. The molecule has 2 rings (SSSR count). The van der Waals surface area contributed by atoms with Crippen LogP contribution >= 0.6 is 0 Å². The molecule has 1 aliphatic rings. The molecule has 1 fully saturated rings. The number of nitrogens with zero attached hydrogens (tertiary/aromatic N) is 2. The molecule has 0 aliphatic carbocycles. The number of anilines is 2. The summed E-state index contributed by atoms with van der Waals surface area (Å²) in [6.07, 6.45) is 0. The number of likely N-dealkylation sites (N-methyl/N-ethyl adjacent to an activating group) is 1. The standard InChI is InChI=1S/C14H22N4O2/c1-3-17-4-6-18(7-5-17)12-8-10(14(16)19)11(15)9-13(12)20-2/h8-9H,3-7,15H2,1-2H3,(H2,16,19). The van der Waals surface area contributed by atoms with Crippen molar-refractivity contribution in [2.24, 2.45) is 5.73 Å². The fourth-order valence-corrected chi connectivity index (χ4v) is 2.51. The summed E-state index contributed by atoms with van der Waals surface area (Å²) in [6.45, 7) is 6.99. The first kappa shape index (κ1) is 14.5. The molecule has 0 saturated carbocycles. The van der Waals surface area contributed by atoms with E-state index in [1.54, 1.807) is 19.2 Å². The minimum atomic E-state index is -0.515. The summed E-state index contributed by atoms with van der Waals surface area (Å²) in [5, 5.41) is 0. The Hall–Kier alpha value is -1.95. The molecule has 110 valence electrons. The molecule has 0 bridgehead atoms. The van der Waals surface area contributed by atoms with Crippen LogP contribution in [0.15, 0.2) is 12.1 Å². The number of primary amides is 1. The van der Waals surface area contributed by atoms with Crippen molar-refractivity contribution < 1.29 is 9.53 Å². The number of hydrogen-bond acceptors (Lipinski definition) is 5. The number of benzene rings is 1. The van der Waals surface area contributed by atoms with Crippen LogP contribution in [0.5, 0.6) is 5.75 Å². The van der Waals surface area contributed by atoms with E-state index in [4.69, 9.17) is 16.2 Å². The monoisotopic (exact) mass is 278 g/mol. The fraction of sp³-hybridized carbons (Fsp3) is 0.500. The van der Waals surface area contributed by atoms with Crippen molar-refractivity contribution in [3.63, 3.8) is 0 Å². The number of hydrogen-bond donors (Lipinski definition) is 2. The van der Waals surface area contributed by atoms with E-state index in [0.717, 1.165) is 38.4 Å². The number of methoxy groups -OCH3 is 1. The van der Waals surface area contributed by atoms with Crippen LogP contribution in [0.4, 0.5) is 11.4 Å². The topological polar surface area (TPSA) is 84.8 Å². The molecule has 1 aromatic rings. The van der Waals surface area contributed by atoms with Crippen LogP contribution in [0.25, 0.3) is 0 Å². The Morgan fingerprint density at radius 2 is 1.95 bits per heavy atom. The summed E-state index contributed by atoms with van der Waals surface area (Å²) in [5.74, 6) is 0.163. The van der Waals surface area contributed by atoms with Gasteiger partial charge in [-0.25, -0.2) is 0 Å². The van der Waals surface area contributed by atoms with Gasteiger partial charge in [0.2, 0.25) is 0 Å². The van der Waals surface area contributed by atoms with Gasteiger partial charge >= 0.3 is 0 Å². The second-order valence-electron chi connectivity index (χ2n) is 4.90. The van der Waals surface area contributed by atoms with E-state index in [0.29, 0.717) is 17.0 Å². The van der Waals surface area contributed by atoms with Crippen molar-refractivity contribution in [2.75, 3.05) is 50.5 Å². The number of amides is 1. The lowest BCUT2D eigenvalue weighted by Gasteiger charge is -2.36. The molecule has 0 atom stereocenters. The van der Waals surface area contributed by atoms with Gasteiger partial charge in [-0.15, -0.1) is 0 Å². The highest BCUT2D eigenvalue weighted by Crippen LogP contribution is 2.33. The van der Waals surface area contributed by atoms with Crippen LogP contribution in [-0.2, 0) is 0 Å². The van der Waals surface area contributed by atoms with Gasteiger partial charge in [0.05, 0.1) is 18.4 Å². The third-order valence-corrected chi connectivity index (χ3v) is 3.78. The normalized spacial score (nSPS) is 16.2. The van der Waals surface area contributed by atoms with Crippen molar-refractivity contribution in [1.82, 2.24) is 4.90 Å². The minimum Gasteiger partial charge on any atom is -0.495 e. The summed E-state index contributed by atoms with van der Waals surface area (Å²) in [7, 11) is 1.60. The predicted molar refractivity (Wildman–Crippen MR) is 80.3 cm³/mol. The smallest absolute Gasteiger partial charge is 0.250 e. The Balaban J connectivity index is 2.30. The average Bonchev–Trinajstić information content (AvgIpc) is 2.46. The summed E-state index contributed by atoms with van der Waals surface area (Å²) in [5.41, 5.74) is 12.8. The van der Waals surface area contributed by atoms with Gasteiger partial charge in [-0.2, -0.15) is 0 Å². The molecule has 20 heavy (non-hydrogen) atoms. The molecule has 1 saturated heterocycles. The third-order valence-electron chi connectivity index (χ3n) is 3.78. The van der Waals surface area contributed by atoms with Gasteiger partial charge in [-0.3, -0.25) is 4.79 Å². The largest absolute Gasteiger partial charge is 0.495 e. The molecule has 0 unspecified atom stereocenters. The molecule has 1 aliphatic heterocycles. The van der Waals surface area contributed by atoms with Gasteiger partial charge in [-0.1, -0.05) is 6.92 Å². The van der Waals surface area contributed by atoms with Crippen LogP contribution in [0.3, 0.4) is 0 Å². The van der Waals surface area contributed by atoms with Crippen LogP contribution in [0, 0.1) is 0 Å². The zero-order valence-electron chi connectivity index (χ0n) is 12.1. The van der Waals surface area contributed by atoms with Crippen molar-refractivity contribution in [2.45, 2.75) is 6.92 Å². The lowest BCUT2D eigenvalue weighted by atomic mass is 10.1. The summed E-state index contributed by atoms with van der Waals surface area (Å²) in [6, 6.07) is 3.40. The number of nitrogens with two attached hydrogens (primary N) is 2. The minimum absolute atomic E-state index is 0.346. The summed E-state index contributed by atoms with van der Waals surface area (Å²) >= 11 is 0. The number of carbonyl (C=O) groups excluding carboxylic acids is 1. The summed E-state index contributed by atoms with van der Waals surface area (Å²) < 4.78 is 5.38. The van der Waals surface area contributed by atoms with Crippen molar-refractivity contribution in [3.8, 4) is 5.75 Å². The quantitative estimate of drug-likeness (QED) is 0.784. The van der Waals surface area contributed by atoms with E-state index < -0.39 is 5.91 Å². The Bertz CT molecular complexity index is 496. The predicted octanol–water partition coefficient (Wildman–Crippen LogP) is 0.518. The Morgan fingerprint density at radius 1 is 1.30 bits per heavy atom. The first-order valence-electron chi connectivity index (χ1n) is 6.81. The second-order valence-corrected chi connectivity index (χ2v) is 4.90. The molecule has 0 spiro atoms. The maximum Gasteiger partial charge on any atom is 0.250 e. The number of carbonyl (C=O) groups is 1. The van der Waals surface area contributed by atoms with Crippen LogP contribution in [0.2, 0.25) is 0 Å². The third kappa shape index (κ3) is 2.80. The molecule has 1 amide bonds. The maximum atomic E-state index is 11.4. The van der Waals surface area contributed by atoms with E-state index in [2.05, 4.69) is 16.7 Å². The highest BCUT2D eigenvalue weighted by molar-refractivity contribution is 5.99. The fourth-order valence-electron chi connectivity index (χ4n) is 2.51. The van der Waals surface area contributed by atoms with Crippen molar-refractivity contribution in [1.29, 1.82) is 0 Å². The molecular weight excluding hydrogens is 256 g/mol. The van der Waals surface area contributed by atoms with Gasteiger partial charge in [0.15, 0.2) is 0 Å². The van der Waals surface area contributed by atoms with Gasteiger partial charge in [0.1, 0.15) is 5.75 Å². The maximum absolute atomic E-state index is 11.4. The first-order valence-corrected chi connectivity index (χ1v) is 6.81.